The summed E-state index contributed by atoms with van der Waals surface area (Å²) in [7, 11) is 0. The standard InChI is InChI=1S/C9H15FO2/c10-8-5-3-1-2-4-7(8)6-9(11)12/h7-8H,1-6H2,(H,11,12)/t7-,8-/m1/s1. The largest absolute Gasteiger partial charge is 0.481 e. The van der Waals surface area contributed by atoms with E-state index >= 15 is 0 Å². The molecule has 0 aromatic rings. The van der Waals surface area contributed by atoms with E-state index < -0.39 is 12.1 Å². The van der Waals surface area contributed by atoms with Gasteiger partial charge in [0, 0.05) is 5.92 Å². The predicted octanol–water partition coefficient (Wildman–Crippen LogP) is 2.38. The van der Waals surface area contributed by atoms with E-state index in [0.717, 1.165) is 25.7 Å². The van der Waals surface area contributed by atoms with Gasteiger partial charge in [-0.05, 0) is 12.8 Å². The fourth-order valence-electron chi connectivity index (χ4n) is 1.79. The van der Waals surface area contributed by atoms with E-state index in [1.807, 2.05) is 0 Å². The lowest BCUT2D eigenvalue weighted by Gasteiger charge is -2.15. The summed E-state index contributed by atoms with van der Waals surface area (Å²) in [5.74, 6) is -1.10. The van der Waals surface area contributed by atoms with Crippen molar-refractivity contribution in [2.24, 2.45) is 5.92 Å². The summed E-state index contributed by atoms with van der Waals surface area (Å²) < 4.78 is 13.2. The molecule has 0 aromatic carbocycles. The van der Waals surface area contributed by atoms with Crippen molar-refractivity contribution >= 4 is 5.97 Å². The number of rotatable bonds is 2. The van der Waals surface area contributed by atoms with Crippen LogP contribution >= 0.6 is 0 Å². The molecule has 1 N–H and O–H groups in total. The van der Waals surface area contributed by atoms with Gasteiger partial charge in [0.1, 0.15) is 6.17 Å². The van der Waals surface area contributed by atoms with E-state index in [0.29, 0.717) is 6.42 Å². The summed E-state index contributed by atoms with van der Waals surface area (Å²) in [5.41, 5.74) is 0. The zero-order valence-corrected chi connectivity index (χ0v) is 7.13. The molecule has 1 rings (SSSR count). The molecule has 0 heterocycles. The van der Waals surface area contributed by atoms with E-state index in [4.69, 9.17) is 5.11 Å². The van der Waals surface area contributed by atoms with E-state index in [1.165, 1.54) is 0 Å². The van der Waals surface area contributed by atoms with E-state index in [2.05, 4.69) is 0 Å². The smallest absolute Gasteiger partial charge is 0.303 e. The molecule has 1 aliphatic rings. The molecule has 0 aliphatic heterocycles. The maximum absolute atomic E-state index is 13.2. The lowest BCUT2D eigenvalue weighted by atomic mass is 9.95. The number of aliphatic carboxylic acids is 1. The number of carbonyl (C=O) groups is 1. The molecule has 2 nitrogen and oxygen atoms in total. The summed E-state index contributed by atoms with van der Waals surface area (Å²) in [6.07, 6.45) is 3.36. The highest BCUT2D eigenvalue weighted by Crippen LogP contribution is 2.28. The third kappa shape index (κ3) is 2.80. The second-order valence-electron chi connectivity index (χ2n) is 3.51. The van der Waals surface area contributed by atoms with Gasteiger partial charge >= 0.3 is 5.97 Å². The fraction of sp³-hybridized carbons (Fsp3) is 0.889. The molecule has 0 bridgehead atoms. The number of carboxylic acid groups (broad SMARTS) is 1. The minimum absolute atomic E-state index is 0.00116. The lowest BCUT2D eigenvalue weighted by molar-refractivity contribution is -0.138. The quantitative estimate of drug-likeness (QED) is 0.652. The van der Waals surface area contributed by atoms with Crippen LogP contribution in [0.3, 0.4) is 0 Å². The summed E-state index contributed by atoms with van der Waals surface area (Å²) >= 11 is 0. The van der Waals surface area contributed by atoms with Crippen LogP contribution in [0, 0.1) is 5.92 Å². The van der Waals surface area contributed by atoms with Crippen LogP contribution in [0.25, 0.3) is 0 Å². The Bertz CT molecular complexity index is 159. The molecular formula is C9H15FO2. The average Bonchev–Trinajstić information content (AvgIpc) is 2.16. The molecule has 12 heavy (non-hydrogen) atoms. The minimum Gasteiger partial charge on any atom is -0.481 e. The summed E-state index contributed by atoms with van der Waals surface area (Å²) in [4.78, 5) is 10.4. The van der Waals surface area contributed by atoms with Crippen molar-refractivity contribution < 1.29 is 14.3 Å². The van der Waals surface area contributed by atoms with Crippen molar-refractivity contribution in [1.82, 2.24) is 0 Å². The Kier molecular flexibility index (Phi) is 3.50. The Labute approximate surface area is 71.8 Å². The molecule has 0 amide bonds. The maximum atomic E-state index is 13.2. The molecule has 3 heteroatoms. The topological polar surface area (TPSA) is 37.3 Å². The van der Waals surface area contributed by atoms with Gasteiger partial charge in [0.25, 0.3) is 0 Å². The normalized spacial score (nSPS) is 31.1. The maximum Gasteiger partial charge on any atom is 0.303 e. The van der Waals surface area contributed by atoms with Crippen LogP contribution in [0.5, 0.6) is 0 Å². The molecule has 0 spiro atoms. The SMILES string of the molecule is O=C(O)C[C@H]1CCCCC[C@H]1F. The molecule has 0 aromatic heterocycles. The van der Waals surface area contributed by atoms with Gasteiger partial charge in [-0.3, -0.25) is 4.79 Å². The first-order valence-corrected chi connectivity index (χ1v) is 4.56. The van der Waals surface area contributed by atoms with Crippen molar-refractivity contribution in [1.29, 1.82) is 0 Å². The molecule has 1 fully saturated rings. The van der Waals surface area contributed by atoms with Crippen LogP contribution < -0.4 is 0 Å². The second kappa shape index (κ2) is 4.43. The van der Waals surface area contributed by atoms with Gasteiger partial charge in [-0.1, -0.05) is 19.3 Å². The Morgan fingerprint density at radius 1 is 1.33 bits per heavy atom. The van der Waals surface area contributed by atoms with Crippen LogP contribution in [-0.2, 0) is 4.79 Å². The lowest BCUT2D eigenvalue weighted by Crippen LogP contribution is -2.17. The molecule has 0 radical (unpaired) electrons. The van der Waals surface area contributed by atoms with E-state index in [1.54, 1.807) is 0 Å². The molecule has 70 valence electrons. The van der Waals surface area contributed by atoms with Crippen LogP contribution in [0.4, 0.5) is 4.39 Å². The third-order valence-corrected chi connectivity index (χ3v) is 2.50. The zero-order chi connectivity index (χ0) is 8.97. The first-order chi connectivity index (χ1) is 5.70. The number of hydrogen-bond donors (Lipinski definition) is 1. The van der Waals surface area contributed by atoms with Gasteiger partial charge in [0.2, 0.25) is 0 Å². The highest BCUT2D eigenvalue weighted by atomic mass is 19.1. The number of carboxylic acids is 1. The summed E-state index contributed by atoms with van der Waals surface area (Å²) in [5, 5.41) is 8.51. The first kappa shape index (κ1) is 9.49. The van der Waals surface area contributed by atoms with Gasteiger partial charge in [-0.25, -0.2) is 4.39 Å². The summed E-state index contributed by atoms with van der Waals surface area (Å²) in [6, 6.07) is 0. The fourth-order valence-corrected chi connectivity index (χ4v) is 1.79. The monoisotopic (exact) mass is 174 g/mol. The van der Waals surface area contributed by atoms with Gasteiger partial charge in [0.05, 0.1) is 6.42 Å². The van der Waals surface area contributed by atoms with Crippen LogP contribution in [0.1, 0.15) is 38.5 Å². The van der Waals surface area contributed by atoms with Crippen molar-refractivity contribution in [3.8, 4) is 0 Å². The molecule has 2 atom stereocenters. The Hall–Kier alpha value is -0.600. The average molecular weight is 174 g/mol. The summed E-state index contributed by atoms with van der Waals surface area (Å²) in [6.45, 7) is 0. The Balaban J connectivity index is 2.41. The van der Waals surface area contributed by atoms with Gasteiger partial charge in [-0.15, -0.1) is 0 Å². The third-order valence-electron chi connectivity index (χ3n) is 2.50. The predicted molar refractivity (Wildman–Crippen MR) is 43.7 cm³/mol. The van der Waals surface area contributed by atoms with E-state index in [-0.39, 0.29) is 12.3 Å². The number of alkyl halides is 1. The number of hydrogen-bond acceptors (Lipinski definition) is 1. The van der Waals surface area contributed by atoms with E-state index in [9.17, 15) is 9.18 Å². The molecule has 0 saturated heterocycles. The van der Waals surface area contributed by atoms with Crippen LogP contribution in [0.15, 0.2) is 0 Å². The second-order valence-corrected chi connectivity index (χ2v) is 3.51. The van der Waals surface area contributed by atoms with Crippen molar-refractivity contribution in [3.63, 3.8) is 0 Å². The van der Waals surface area contributed by atoms with Crippen molar-refractivity contribution in [3.05, 3.63) is 0 Å². The highest BCUT2D eigenvalue weighted by molar-refractivity contribution is 5.67. The Morgan fingerprint density at radius 2 is 2.00 bits per heavy atom. The minimum atomic E-state index is -0.886. The highest BCUT2D eigenvalue weighted by Gasteiger charge is 2.24. The molecule has 0 unspecified atom stereocenters. The molecular weight excluding hydrogens is 159 g/mol. The first-order valence-electron chi connectivity index (χ1n) is 4.56. The van der Waals surface area contributed by atoms with Crippen LogP contribution in [0.2, 0.25) is 0 Å². The number of halogens is 1. The van der Waals surface area contributed by atoms with Gasteiger partial charge < -0.3 is 5.11 Å². The van der Waals surface area contributed by atoms with Crippen LogP contribution in [-0.4, -0.2) is 17.2 Å². The molecule has 1 saturated carbocycles. The van der Waals surface area contributed by atoms with Crippen molar-refractivity contribution in [2.45, 2.75) is 44.7 Å². The van der Waals surface area contributed by atoms with Gasteiger partial charge in [0.15, 0.2) is 0 Å². The molecule has 1 aliphatic carbocycles. The van der Waals surface area contributed by atoms with Gasteiger partial charge in [-0.2, -0.15) is 0 Å². The Morgan fingerprint density at radius 3 is 2.67 bits per heavy atom. The van der Waals surface area contributed by atoms with Crippen molar-refractivity contribution in [2.75, 3.05) is 0 Å². The zero-order valence-electron chi connectivity index (χ0n) is 7.13.